The van der Waals surface area contributed by atoms with Gasteiger partial charge in [0.1, 0.15) is 0 Å². The lowest BCUT2D eigenvalue weighted by Gasteiger charge is -2.08. The van der Waals surface area contributed by atoms with Gasteiger partial charge in [-0.2, -0.15) is 0 Å². The molecule has 2 atom stereocenters. The lowest BCUT2D eigenvalue weighted by atomic mass is 10.4. The highest BCUT2D eigenvalue weighted by Crippen LogP contribution is 2.36. The van der Waals surface area contributed by atoms with E-state index < -0.39 is 14.7 Å². The van der Waals surface area contributed by atoms with Crippen molar-refractivity contribution in [3.05, 3.63) is 24.3 Å². The summed E-state index contributed by atoms with van der Waals surface area (Å²) in [4.78, 5) is 18.4. The second-order valence-corrected chi connectivity index (χ2v) is 7.82. The summed E-state index contributed by atoms with van der Waals surface area (Å²) < 4.78 is 22.4. The van der Waals surface area contributed by atoms with Crippen LogP contribution in [-0.4, -0.2) is 46.2 Å². The topological polar surface area (TPSA) is 74.6 Å². The molecule has 0 saturated carbocycles. The van der Waals surface area contributed by atoms with Crippen molar-refractivity contribution in [2.24, 2.45) is 0 Å². The molecule has 7 heteroatoms. The molecule has 0 spiro atoms. The van der Waals surface area contributed by atoms with Crippen LogP contribution in [0.1, 0.15) is 0 Å². The van der Waals surface area contributed by atoms with Gasteiger partial charge in [0.15, 0.2) is 0 Å². The van der Waals surface area contributed by atoms with E-state index in [1.807, 2.05) is 0 Å². The highest BCUT2D eigenvalue weighted by molar-refractivity contribution is 7.66. The lowest BCUT2D eigenvalue weighted by Crippen LogP contribution is -2.09. The Bertz CT molecular complexity index is 376. The van der Waals surface area contributed by atoms with Gasteiger partial charge in [-0.25, -0.2) is 0 Å². The summed E-state index contributed by atoms with van der Waals surface area (Å²) >= 11 is 0. The Hall–Kier alpha value is 0.366. The van der Waals surface area contributed by atoms with E-state index in [0.717, 1.165) is 0 Å². The van der Waals surface area contributed by atoms with Gasteiger partial charge in [-0.05, 0) is 24.3 Å². The average molecular weight is 260 g/mol. The third-order valence-electron chi connectivity index (χ3n) is 1.81. The molecule has 0 heterocycles. The number of hydrogen-bond acceptors (Lipinski definition) is 2. The van der Waals surface area contributed by atoms with Crippen molar-refractivity contribution in [1.29, 1.82) is 0 Å². The third kappa shape index (κ3) is 4.39. The molecule has 0 aliphatic rings. The summed E-state index contributed by atoms with van der Waals surface area (Å²) in [6.07, 6.45) is 0. The van der Waals surface area contributed by atoms with Gasteiger partial charge >= 0.3 is 23.1 Å². The molecule has 0 aromatic heterocycles. The van der Waals surface area contributed by atoms with Crippen molar-refractivity contribution in [2.75, 3.05) is 13.3 Å². The summed E-state index contributed by atoms with van der Waals surface area (Å²) in [5.41, 5.74) is 0. The van der Waals surface area contributed by atoms with Crippen molar-refractivity contribution in [2.45, 2.75) is 0 Å². The monoisotopic (exact) mass is 260 g/mol. The Labute approximate surface area is 105 Å². The standard InChI is InChI=1S/C8H12O4P2.Mg.2H/c1-13(9,10)7-3-5-8(6-4-7)14(2,11)12;;;/h3-6H,1-2H3,(H,9,10)(H,11,12);;;. The molecule has 0 amide bonds. The summed E-state index contributed by atoms with van der Waals surface area (Å²) in [5.74, 6) is 0. The predicted octanol–water partition coefficient (Wildman–Crippen LogP) is -0.179. The van der Waals surface area contributed by atoms with E-state index in [0.29, 0.717) is 0 Å². The van der Waals surface area contributed by atoms with Crippen molar-refractivity contribution in [3.8, 4) is 0 Å². The Balaban J connectivity index is 0.00000196. The van der Waals surface area contributed by atoms with Crippen molar-refractivity contribution >= 4 is 48.4 Å². The fourth-order valence-corrected chi connectivity index (χ4v) is 2.41. The van der Waals surface area contributed by atoms with Gasteiger partial charge in [0, 0.05) is 23.9 Å². The Morgan fingerprint density at radius 1 is 0.867 bits per heavy atom. The predicted molar refractivity (Wildman–Crippen MR) is 65.8 cm³/mol. The van der Waals surface area contributed by atoms with Gasteiger partial charge in [-0.15, -0.1) is 0 Å². The summed E-state index contributed by atoms with van der Waals surface area (Å²) in [6.45, 7) is 2.46. The van der Waals surface area contributed by atoms with Crippen LogP contribution < -0.4 is 10.6 Å². The molecule has 0 radical (unpaired) electrons. The number of rotatable bonds is 2. The van der Waals surface area contributed by atoms with Crippen LogP contribution in [0.25, 0.3) is 0 Å². The zero-order valence-electron chi connectivity index (χ0n) is 7.91. The SMILES string of the molecule is CP(=O)(O)c1ccc(P(C)(=O)O)cc1.[MgH2]. The minimum absolute atomic E-state index is 0. The van der Waals surface area contributed by atoms with Gasteiger partial charge < -0.3 is 9.79 Å². The van der Waals surface area contributed by atoms with E-state index in [2.05, 4.69) is 0 Å². The Kier molecular flexibility index (Phi) is 5.26. The quantitative estimate of drug-likeness (QED) is 0.571. The molecular formula is C8H14MgO4P2. The van der Waals surface area contributed by atoms with E-state index in [-0.39, 0.29) is 33.7 Å². The lowest BCUT2D eigenvalue weighted by molar-refractivity contribution is 0.494. The highest BCUT2D eigenvalue weighted by atomic mass is 31.2. The summed E-state index contributed by atoms with van der Waals surface area (Å²) in [5, 5.41) is 0.574. The average Bonchev–Trinajstić information content (AvgIpc) is 2.01. The second kappa shape index (κ2) is 5.13. The van der Waals surface area contributed by atoms with Crippen LogP contribution in [0.15, 0.2) is 24.3 Å². The van der Waals surface area contributed by atoms with Gasteiger partial charge in [0.2, 0.25) is 14.7 Å². The van der Waals surface area contributed by atoms with Crippen molar-refractivity contribution in [3.63, 3.8) is 0 Å². The molecule has 1 aromatic carbocycles. The van der Waals surface area contributed by atoms with Crippen LogP contribution in [0, 0.1) is 0 Å². The molecular weight excluding hydrogens is 246 g/mol. The van der Waals surface area contributed by atoms with Crippen molar-refractivity contribution < 1.29 is 18.9 Å². The van der Waals surface area contributed by atoms with Gasteiger partial charge in [0.25, 0.3) is 0 Å². The van der Waals surface area contributed by atoms with E-state index in [1.54, 1.807) is 0 Å². The zero-order chi connectivity index (χ0) is 11.0. The van der Waals surface area contributed by atoms with E-state index in [9.17, 15) is 18.9 Å². The Morgan fingerprint density at radius 3 is 1.20 bits per heavy atom. The maximum atomic E-state index is 11.2. The minimum atomic E-state index is -3.26. The fraction of sp³-hybridized carbons (Fsp3) is 0.250. The molecule has 4 nitrogen and oxygen atoms in total. The molecule has 0 aliphatic heterocycles. The largest absolute Gasteiger partial charge is 0.341 e. The molecule has 1 rings (SSSR count). The first-order chi connectivity index (χ1) is 6.21. The second-order valence-electron chi connectivity index (χ2n) is 3.27. The molecule has 82 valence electrons. The normalized spacial score (nSPS) is 18.4. The van der Waals surface area contributed by atoms with Crippen LogP contribution >= 0.6 is 14.7 Å². The van der Waals surface area contributed by atoms with Crippen LogP contribution in [0.4, 0.5) is 0 Å². The molecule has 15 heavy (non-hydrogen) atoms. The molecule has 0 aliphatic carbocycles. The first-order valence-electron chi connectivity index (χ1n) is 3.93. The van der Waals surface area contributed by atoms with E-state index in [1.165, 1.54) is 37.6 Å². The molecule has 2 N–H and O–H groups in total. The van der Waals surface area contributed by atoms with Gasteiger partial charge in [-0.1, -0.05) is 0 Å². The summed E-state index contributed by atoms with van der Waals surface area (Å²) in [7, 11) is -6.52. The maximum Gasteiger partial charge on any atom is 0.316 e. The summed E-state index contributed by atoms with van der Waals surface area (Å²) in [6, 6.07) is 5.62. The first-order valence-corrected chi connectivity index (χ1v) is 8.14. The Morgan fingerprint density at radius 2 is 1.07 bits per heavy atom. The number of hydrogen-bond donors (Lipinski definition) is 2. The van der Waals surface area contributed by atoms with Crippen molar-refractivity contribution in [1.82, 2.24) is 0 Å². The molecule has 2 unspecified atom stereocenters. The zero-order valence-corrected chi connectivity index (χ0v) is 9.70. The highest BCUT2D eigenvalue weighted by Gasteiger charge is 2.17. The van der Waals surface area contributed by atoms with Crippen LogP contribution in [0.3, 0.4) is 0 Å². The van der Waals surface area contributed by atoms with Gasteiger partial charge in [0.05, 0.1) is 0 Å². The van der Waals surface area contributed by atoms with Crippen LogP contribution in [0.2, 0.25) is 0 Å². The molecule has 0 saturated heterocycles. The maximum absolute atomic E-state index is 11.2. The fourth-order valence-electron chi connectivity index (χ4n) is 1.01. The van der Waals surface area contributed by atoms with E-state index >= 15 is 0 Å². The van der Waals surface area contributed by atoms with Crippen LogP contribution in [-0.2, 0) is 9.13 Å². The smallest absolute Gasteiger partial charge is 0.316 e. The molecule has 0 fully saturated rings. The number of benzene rings is 1. The van der Waals surface area contributed by atoms with Gasteiger partial charge in [-0.3, -0.25) is 9.13 Å². The molecule has 1 aromatic rings. The van der Waals surface area contributed by atoms with Crippen LogP contribution in [0.5, 0.6) is 0 Å². The third-order valence-corrected chi connectivity index (χ3v) is 4.32. The first kappa shape index (κ1) is 15.4. The van der Waals surface area contributed by atoms with E-state index in [4.69, 9.17) is 0 Å². The minimum Gasteiger partial charge on any atom is -0.341 e. The molecule has 0 bridgehead atoms.